The summed E-state index contributed by atoms with van der Waals surface area (Å²) in [6.07, 6.45) is 5.29. The Hall–Kier alpha value is -1.70. The summed E-state index contributed by atoms with van der Waals surface area (Å²) < 4.78 is 5.17. The summed E-state index contributed by atoms with van der Waals surface area (Å²) >= 11 is 1.65. The molecule has 4 heterocycles. The largest absolute Gasteiger partial charge is 0.472 e. The van der Waals surface area contributed by atoms with Crippen molar-refractivity contribution in [2.75, 3.05) is 33.2 Å². The normalized spacial score (nSPS) is 21.6. The first-order valence-corrected chi connectivity index (χ1v) is 10.1. The van der Waals surface area contributed by atoms with Gasteiger partial charge in [0.05, 0.1) is 29.8 Å². The molecule has 0 saturated carbocycles. The number of rotatable bonds is 4. The van der Waals surface area contributed by atoms with Gasteiger partial charge in [0, 0.05) is 43.7 Å². The van der Waals surface area contributed by atoms with Crippen LogP contribution in [0.2, 0.25) is 0 Å². The lowest BCUT2D eigenvalue weighted by Crippen LogP contribution is -2.67. The van der Waals surface area contributed by atoms with Gasteiger partial charge in [-0.25, -0.2) is 4.98 Å². The first-order valence-electron chi connectivity index (χ1n) is 9.22. The number of carbonyl (C=O) groups is 1. The van der Waals surface area contributed by atoms with Crippen molar-refractivity contribution in [2.45, 2.75) is 38.4 Å². The summed E-state index contributed by atoms with van der Waals surface area (Å²) in [7, 11) is 2.11. The zero-order chi connectivity index (χ0) is 18.1. The number of hydrogen-bond acceptors (Lipinski definition) is 6. The average Bonchev–Trinajstić information content (AvgIpc) is 3.29. The van der Waals surface area contributed by atoms with Crippen molar-refractivity contribution in [2.24, 2.45) is 0 Å². The highest BCUT2D eigenvalue weighted by Gasteiger charge is 2.49. The number of nitrogens with zero attached hydrogens (tertiary/aromatic N) is 4. The topological polar surface area (TPSA) is 52.8 Å². The first-order chi connectivity index (χ1) is 12.6. The Balaban J connectivity index is 1.43. The highest BCUT2D eigenvalue weighted by Crippen LogP contribution is 2.34. The molecule has 6 nitrogen and oxygen atoms in total. The van der Waals surface area contributed by atoms with Crippen molar-refractivity contribution in [3.63, 3.8) is 0 Å². The first kappa shape index (κ1) is 17.7. The molecule has 2 aromatic heterocycles. The summed E-state index contributed by atoms with van der Waals surface area (Å²) in [6, 6.07) is 2.01. The van der Waals surface area contributed by atoms with Crippen LogP contribution in [0.1, 0.15) is 29.1 Å². The number of likely N-dealkylation sites (tertiary alicyclic amines) is 1. The standard InChI is InChI=1S/C19H26N4O2S/c1-15-20-17(14-26-15)12-23-9-8-21(2)19(18(23)24)4-6-22(7-5-19)11-16-3-10-25-13-16/h3,10,13-14H,4-9,11-12H2,1-2H3. The number of aromatic nitrogens is 1. The number of piperazine rings is 1. The maximum atomic E-state index is 13.4. The molecule has 2 fully saturated rings. The molecule has 2 aromatic rings. The molecular weight excluding hydrogens is 348 g/mol. The van der Waals surface area contributed by atoms with Crippen LogP contribution in [0.5, 0.6) is 0 Å². The van der Waals surface area contributed by atoms with Crippen molar-refractivity contribution in [1.82, 2.24) is 19.7 Å². The Morgan fingerprint density at radius 1 is 1.23 bits per heavy atom. The van der Waals surface area contributed by atoms with E-state index < -0.39 is 0 Å². The fourth-order valence-corrected chi connectivity index (χ4v) is 4.79. The van der Waals surface area contributed by atoms with E-state index in [9.17, 15) is 4.79 Å². The van der Waals surface area contributed by atoms with Gasteiger partial charge in [-0.05, 0) is 32.9 Å². The second-order valence-corrected chi connectivity index (χ2v) is 8.51. The third-order valence-electron chi connectivity index (χ3n) is 5.81. The average molecular weight is 375 g/mol. The second kappa shape index (κ2) is 7.13. The molecular formula is C19H26N4O2S. The molecule has 0 radical (unpaired) electrons. The lowest BCUT2D eigenvalue weighted by molar-refractivity contribution is -0.155. The van der Waals surface area contributed by atoms with E-state index in [-0.39, 0.29) is 11.4 Å². The summed E-state index contributed by atoms with van der Waals surface area (Å²) in [5, 5.41) is 3.13. The molecule has 0 aliphatic carbocycles. The SMILES string of the molecule is Cc1nc(CN2CCN(C)C3(CCN(Cc4ccoc4)CC3)C2=O)cs1. The van der Waals surface area contributed by atoms with Gasteiger partial charge in [-0.2, -0.15) is 0 Å². The number of likely N-dealkylation sites (N-methyl/N-ethyl adjacent to an activating group) is 1. The van der Waals surface area contributed by atoms with Crippen LogP contribution in [0.25, 0.3) is 0 Å². The fraction of sp³-hybridized carbons (Fsp3) is 0.579. The molecule has 0 aromatic carbocycles. The van der Waals surface area contributed by atoms with Gasteiger partial charge in [0.25, 0.3) is 0 Å². The van der Waals surface area contributed by atoms with E-state index in [0.717, 1.165) is 56.3 Å². The van der Waals surface area contributed by atoms with E-state index in [1.807, 2.05) is 17.9 Å². The molecule has 0 N–H and O–H groups in total. The molecule has 0 unspecified atom stereocenters. The lowest BCUT2D eigenvalue weighted by atomic mass is 9.82. The molecule has 26 heavy (non-hydrogen) atoms. The Bertz CT molecular complexity index is 749. The molecule has 7 heteroatoms. The van der Waals surface area contributed by atoms with Crippen molar-refractivity contribution < 1.29 is 9.21 Å². The zero-order valence-electron chi connectivity index (χ0n) is 15.5. The van der Waals surface area contributed by atoms with Crippen LogP contribution >= 0.6 is 11.3 Å². The van der Waals surface area contributed by atoms with E-state index in [0.29, 0.717) is 6.54 Å². The van der Waals surface area contributed by atoms with Gasteiger partial charge in [-0.3, -0.25) is 14.6 Å². The van der Waals surface area contributed by atoms with E-state index in [2.05, 4.69) is 27.2 Å². The molecule has 0 bridgehead atoms. The van der Waals surface area contributed by atoms with Gasteiger partial charge in [-0.15, -0.1) is 11.3 Å². The van der Waals surface area contributed by atoms with Gasteiger partial charge >= 0.3 is 0 Å². The molecule has 2 saturated heterocycles. The van der Waals surface area contributed by atoms with Crippen LogP contribution in [-0.2, 0) is 17.9 Å². The molecule has 1 spiro atoms. The molecule has 140 valence electrons. The van der Waals surface area contributed by atoms with Gasteiger partial charge in [0.15, 0.2) is 0 Å². The van der Waals surface area contributed by atoms with Gasteiger partial charge in [0.2, 0.25) is 5.91 Å². The van der Waals surface area contributed by atoms with Gasteiger partial charge < -0.3 is 9.32 Å². The Morgan fingerprint density at radius 2 is 2.04 bits per heavy atom. The highest BCUT2D eigenvalue weighted by atomic mass is 32.1. The maximum absolute atomic E-state index is 13.4. The molecule has 0 atom stereocenters. The number of carbonyl (C=O) groups excluding carboxylic acids is 1. The van der Waals surface area contributed by atoms with Crippen LogP contribution in [0.4, 0.5) is 0 Å². The Morgan fingerprint density at radius 3 is 2.69 bits per heavy atom. The number of aryl methyl sites for hydroxylation is 1. The van der Waals surface area contributed by atoms with Gasteiger partial charge in [0.1, 0.15) is 5.54 Å². The fourth-order valence-electron chi connectivity index (χ4n) is 4.19. The third-order valence-corrected chi connectivity index (χ3v) is 6.63. The van der Waals surface area contributed by atoms with Crippen LogP contribution in [0.15, 0.2) is 28.4 Å². The maximum Gasteiger partial charge on any atom is 0.243 e. The lowest BCUT2D eigenvalue weighted by Gasteiger charge is -2.51. The smallest absolute Gasteiger partial charge is 0.243 e. The molecule has 4 rings (SSSR count). The minimum atomic E-state index is -0.351. The van der Waals surface area contributed by atoms with Crippen molar-refractivity contribution >= 4 is 17.2 Å². The third kappa shape index (κ3) is 3.31. The van der Waals surface area contributed by atoms with Crippen molar-refractivity contribution in [1.29, 1.82) is 0 Å². The number of hydrogen-bond donors (Lipinski definition) is 0. The second-order valence-electron chi connectivity index (χ2n) is 7.45. The summed E-state index contributed by atoms with van der Waals surface area (Å²) in [6.45, 7) is 7.12. The Labute approximate surface area is 158 Å². The number of amides is 1. The molecule has 2 aliphatic rings. The van der Waals surface area contributed by atoms with E-state index in [4.69, 9.17) is 4.42 Å². The van der Waals surface area contributed by atoms with E-state index >= 15 is 0 Å². The highest BCUT2D eigenvalue weighted by molar-refractivity contribution is 7.09. The minimum absolute atomic E-state index is 0.278. The number of piperidine rings is 1. The number of furan rings is 1. The quantitative estimate of drug-likeness (QED) is 0.822. The van der Waals surface area contributed by atoms with Crippen LogP contribution in [0.3, 0.4) is 0 Å². The van der Waals surface area contributed by atoms with E-state index in [1.165, 1.54) is 5.56 Å². The van der Waals surface area contributed by atoms with Crippen molar-refractivity contribution in [3.05, 3.63) is 40.2 Å². The predicted molar refractivity (Wildman–Crippen MR) is 101 cm³/mol. The molecule has 2 aliphatic heterocycles. The predicted octanol–water partition coefficient (Wildman–Crippen LogP) is 2.35. The zero-order valence-corrected chi connectivity index (χ0v) is 16.3. The van der Waals surface area contributed by atoms with Crippen molar-refractivity contribution in [3.8, 4) is 0 Å². The molecule has 1 amide bonds. The van der Waals surface area contributed by atoms with Crippen LogP contribution in [0, 0.1) is 6.92 Å². The van der Waals surface area contributed by atoms with Crippen LogP contribution in [-0.4, -0.2) is 64.4 Å². The van der Waals surface area contributed by atoms with E-state index in [1.54, 1.807) is 23.9 Å². The number of thiazole rings is 1. The minimum Gasteiger partial charge on any atom is -0.472 e. The van der Waals surface area contributed by atoms with Crippen LogP contribution < -0.4 is 0 Å². The summed E-state index contributed by atoms with van der Waals surface area (Å²) in [4.78, 5) is 24.6. The van der Waals surface area contributed by atoms with Gasteiger partial charge in [-0.1, -0.05) is 0 Å². The monoisotopic (exact) mass is 374 g/mol. The summed E-state index contributed by atoms with van der Waals surface area (Å²) in [5.41, 5.74) is 1.86. The summed E-state index contributed by atoms with van der Waals surface area (Å²) in [5.74, 6) is 0.278. The Kier molecular flexibility index (Phi) is 4.86.